The van der Waals surface area contributed by atoms with Crippen molar-refractivity contribution in [3.63, 3.8) is 0 Å². The van der Waals surface area contributed by atoms with Crippen LogP contribution in [0.25, 0.3) is 111 Å². The van der Waals surface area contributed by atoms with Gasteiger partial charge in [0.25, 0.3) is 0 Å². The van der Waals surface area contributed by atoms with E-state index in [9.17, 15) is 0 Å². The molecule has 0 aliphatic heterocycles. The van der Waals surface area contributed by atoms with Gasteiger partial charge >= 0.3 is 0 Å². The molecule has 0 atom stereocenters. The first-order valence-corrected chi connectivity index (χ1v) is 20.5. The standard InChI is InChI=1S/C56H37N3O/c1-56(2)48-20-9-8-18-45(48)46-33-41(25-28-49(46)56)55-58-53(35-13-4-3-5-14-35)57-54(59-55)40-16-10-15-38(31-40)44-19-11-21-51-52(44)47-32-37(26-29-50(47)60-51)36-24-27-43-39(30-36)23-22-34-12-6-7-17-42(34)43/h3-33H,1-2H3. The third-order valence-corrected chi connectivity index (χ3v) is 12.5. The molecule has 0 saturated carbocycles. The number of benzene rings is 9. The van der Waals surface area contributed by atoms with Crippen LogP contribution < -0.4 is 0 Å². The van der Waals surface area contributed by atoms with E-state index in [4.69, 9.17) is 19.4 Å². The van der Waals surface area contributed by atoms with Gasteiger partial charge in [-0.25, -0.2) is 15.0 Å². The van der Waals surface area contributed by atoms with Crippen molar-refractivity contribution in [1.82, 2.24) is 15.0 Å². The quantitative estimate of drug-likeness (QED) is 0.164. The molecule has 0 fully saturated rings. The zero-order valence-corrected chi connectivity index (χ0v) is 33.1. The molecule has 2 aromatic heterocycles. The Hall–Kier alpha value is -7.69. The summed E-state index contributed by atoms with van der Waals surface area (Å²) < 4.78 is 6.50. The highest BCUT2D eigenvalue weighted by Gasteiger charge is 2.35. The monoisotopic (exact) mass is 767 g/mol. The van der Waals surface area contributed by atoms with Gasteiger partial charge in [0.05, 0.1) is 0 Å². The average molecular weight is 768 g/mol. The van der Waals surface area contributed by atoms with Crippen LogP contribution in [0.4, 0.5) is 0 Å². The molecule has 4 nitrogen and oxygen atoms in total. The molecule has 0 unspecified atom stereocenters. The molecule has 0 saturated heterocycles. The van der Waals surface area contributed by atoms with Crippen LogP contribution in [-0.4, -0.2) is 15.0 Å². The van der Waals surface area contributed by atoms with Crippen LogP contribution in [0.5, 0.6) is 0 Å². The first-order chi connectivity index (χ1) is 29.5. The maximum Gasteiger partial charge on any atom is 0.164 e. The summed E-state index contributed by atoms with van der Waals surface area (Å²) in [4.78, 5) is 15.4. The second-order valence-corrected chi connectivity index (χ2v) is 16.4. The molecule has 9 aromatic carbocycles. The predicted octanol–water partition coefficient (Wildman–Crippen LogP) is 14.7. The molecular weight excluding hydrogens is 731 g/mol. The zero-order valence-electron chi connectivity index (χ0n) is 33.1. The molecule has 4 heteroatoms. The lowest BCUT2D eigenvalue weighted by Crippen LogP contribution is -2.14. The molecule has 1 aliphatic rings. The number of fused-ring (bicyclic) bond motifs is 9. The fourth-order valence-corrected chi connectivity index (χ4v) is 9.48. The van der Waals surface area contributed by atoms with Gasteiger partial charge in [0.1, 0.15) is 11.2 Å². The summed E-state index contributed by atoms with van der Waals surface area (Å²) in [5.74, 6) is 1.91. The summed E-state index contributed by atoms with van der Waals surface area (Å²) in [5.41, 5.74) is 14.1. The van der Waals surface area contributed by atoms with Gasteiger partial charge in [-0.3, -0.25) is 0 Å². The Morgan fingerprint density at radius 2 is 0.967 bits per heavy atom. The van der Waals surface area contributed by atoms with Gasteiger partial charge in [-0.15, -0.1) is 0 Å². The molecule has 0 bridgehead atoms. The van der Waals surface area contributed by atoms with Crippen LogP contribution in [0, 0.1) is 0 Å². The summed E-state index contributed by atoms with van der Waals surface area (Å²) in [6.07, 6.45) is 0. The summed E-state index contributed by atoms with van der Waals surface area (Å²) in [7, 11) is 0. The number of aromatic nitrogens is 3. The molecule has 282 valence electrons. The molecule has 0 amide bonds. The number of furan rings is 1. The van der Waals surface area contributed by atoms with Crippen molar-refractivity contribution in [3.05, 3.63) is 199 Å². The highest BCUT2D eigenvalue weighted by molar-refractivity contribution is 6.14. The van der Waals surface area contributed by atoms with E-state index in [0.29, 0.717) is 17.5 Å². The molecule has 60 heavy (non-hydrogen) atoms. The van der Waals surface area contributed by atoms with Crippen LogP contribution >= 0.6 is 0 Å². The van der Waals surface area contributed by atoms with Crippen molar-refractivity contribution in [1.29, 1.82) is 0 Å². The van der Waals surface area contributed by atoms with Crippen LogP contribution in [0.2, 0.25) is 0 Å². The van der Waals surface area contributed by atoms with Gasteiger partial charge in [-0.2, -0.15) is 0 Å². The van der Waals surface area contributed by atoms with Gasteiger partial charge in [0.2, 0.25) is 0 Å². The van der Waals surface area contributed by atoms with Crippen molar-refractivity contribution >= 4 is 43.5 Å². The fourth-order valence-electron chi connectivity index (χ4n) is 9.48. The molecule has 12 rings (SSSR count). The fraction of sp³-hybridized carbons (Fsp3) is 0.0536. The normalized spacial score (nSPS) is 13.0. The van der Waals surface area contributed by atoms with E-state index in [1.54, 1.807) is 0 Å². The Morgan fingerprint density at radius 1 is 0.350 bits per heavy atom. The number of hydrogen-bond donors (Lipinski definition) is 0. The van der Waals surface area contributed by atoms with E-state index >= 15 is 0 Å². The van der Waals surface area contributed by atoms with Crippen LogP contribution in [0.3, 0.4) is 0 Å². The summed E-state index contributed by atoms with van der Waals surface area (Å²) in [5, 5.41) is 7.18. The molecule has 1 aliphatic carbocycles. The Bertz CT molecular complexity index is 3530. The average Bonchev–Trinajstić information content (AvgIpc) is 3.80. The Labute approximate surface area is 347 Å². The minimum absolute atomic E-state index is 0.0821. The maximum atomic E-state index is 6.50. The lowest BCUT2D eigenvalue weighted by atomic mass is 9.82. The van der Waals surface area contributed by atoms with E-state index in [1.807, 2.05) is 18.2 Å². The Balaban J connectivity index is 0.976. The van der Waals surface area contributed by atoms with Crippen molar-refractivity contribution in [2.24, 2.45) is 0 Å². The molecular formula is C56H37N3O. The summed E-state index contributed by atoms with van der Waals surface area (Å²) in [6.45, 7) is 4.60. The summed E-state index contributed by atoms with van der Waals surface area (Å²) >= 11 is 0. The van der Waals surface area contributed by atoms with Gasteiger partial charge in [-0.05, 0) is 102 Å². The van der Waals surface area contributed by atoms with Crippen molar-refractivity contribution in [3.8, 4) is 67.5 Å². The molecule has 2 heterocycles. The third-order valence-electron chi connectivity index (χ3n) is 12.5. The van der Waals surface area contributed by atoms with E-state index in [1.165, 1.54) is 49.4 Å². The SMILES string of the molecule is CC1(C)c2ccccc2-c2cc(-c3nc(-c4ccccc4)nc(-c4cccc(-c5cccc6oc7ccc(-c8ccc9c(ccc%10ccccc%109)c8)cc7c56)c4)n3)ccc21. The van der Waals surface area contributed by atoms with Crippen molar-refractivity contribution in [2.45, 2.75) is 19.3 Å². The second kappa shape index (κ2) is 13.2. The smallest absolute Gasteiger partial charge is 0.164 e. The van der Waals surface area contributed by atoms with Gasteiger partial charge in [0, 0.05) is 32.9 Å². The van der Waals surface area contributed by atoms with Gasteiger partial charge in [-0.1, -0.05) is 166 Å². The topological polar surface area (TPSA) is 51.8 Å². The molecule has 0 N–H and O–H groups in total. The Morgan fingerprint density at radius 3 is 1.85 bits per heavy atom. The highest BCUT2D eigenvalue weighted by atomic mass is 16.3. The lowest BCUT2D eigenvalue weighted by Gasteiger charge is -2.21. The first-order valence-electron chi connectivity index (χ1n) is 20.5. The molecule has 0 spiro atoms. The van der Waals surface area contributed by atoms with Crippen molar-refractivity contribution in [2.75, 3.05) is 0 Å². The molecule has 0 radical (unpaired) electrons. The minimum Gasteiger partial charge on any atom is -0.456 e. The highest BCUT2D eigenvalue weighted by Crippen LogP contribution is 2.49. The van der Waals surface area contributed by atoms with Gasteiger partial charge in [0.15, 0.2) is 17.5 Å². The first kappa shape index (κ1) is 34.4. The van der Waals surface area contributed by atoms with Crippen LogP contribution in [0.1, 0.15) is 25.0 Å². The number of hydrogen-bond acceptors (Lipinski definition) is 4. The largest absolute Gasteiger partial charge is 0.456 e. The predicted molar refractivity (Wildman–Crippen MR) is 247 cm³/mol. The van der Waals surface area contributed by atoms with E-state index in [2.05, 4.69) is 184 Å². The van der Waals surface area contributed by atoms with E-state index in [-0.39, 0.29) is 5.41 Å². The van der Waals surface area contributed by atoms with E-state index < -0.39 is 0 Å². The lowest BCUT2D eigenvalue weighted by molar-refractivity contribution is 0.660. The molecule has 11 aromatic rings. The van der Waals surface area contributed by atoms with Crippen molar-refractivity contribution < 1.29 is 4.42 Å². The summed E-state index contributed by atoms with van der Waals surface area (Å²) in [6, 6.07) is 66.8. The number of nitrogens with zero attached hydrogens (tertiary/aromatic N) is 3. The number of rotatable bonds is 5. The maximum absolute atomic E-state index is 6.50. The Kier molecular flexibility index (Phi) is 7.54. The van der Waals surface area contributed by atoms with Crippen LogP contribution in [-0.2, 0) is 5.41 Å². The minimum atomic E-state index is -0.0821. The van der Waals surface area contributed by atoms with Crippen LogP contribution in [0.15, 0.2) is 192 Å². The third kappa shape index (κ3) is 5.41. The zero-order chi connectivity index (χ0) is 40.0. The second-order valence-electron chi connectivity index (χ2n) is 16.4. The van der Waals surface area contributed by atoms with Gasteiger partial charge < -0.3 is 4.42 Å². The van der Waals surface area contributed by atoms with E-state index in [0.717, 1.165) is 55.3 Å².